The van der Waals surface area contributed by atoms with Gasteiger partial charge in [0.15, 0.2) is 0 Å². The molecule has 11 heteroatoms. The molecule has 28 heavy (non-hydrogen) atoms. The Morgan fingerprint density at radius 2 is 2.04 bits per heavy atom. The van der Waals surface area contributed by atoms with Gasteiger partial charge in [-0.15, -0.1) is 10.2 Å². The Morgan fingerprint density at radius 1 is 1.25 bits per heavy atom. The topological polar surface area (TPSA) is 122 Å². The molecule has 0 radical (unpaired) electrons. The lowest BCUT2D eigenvalue weighted by molar-refractivity contribution is -0.140. The van der Waals surface area contributed by atoms with Crippen LogP contribution >= 0.6 is 11.6 Å². The van der Waals surface area contributed by atoms with E-state index in [4.69, 9.17) is 11.6 Å². The summed E-state index contributed by atoms with van der Waals surface area (Å²) in [7, 11) is 0. The van der Waals surface area contributed by atoms with Gasteiger partial charge in [-0.25, -0.2) is 4.79 Å². The van der Waals surface area contributed by atoms with Gasteiger partial charge in [0.1, 0.15) is 12.1 Å². The molecule has 0 atom stereocenters. The summed E-state index contributed by atoms with van der Waals surface area (Å²) in [6.45, 7) is -0.294. The second kappa shape index (κ2) is 7.19. The minimum absolute atomic E-state index is 0.294. The number of nitrogens with zero attached hydrogens (tertiary/aromatic N) is 5. The summed E-state index contributed by atoms with van der Waals surface area (Å²) in [6, 6.07) is 6.31. The Labute approximate surface area is 165 Å². The summed E-state index contributed by atoms with van der Waals surface area (Å²) in [5.41, 5.74) is 2.10. The minimum Gasteiger partial charge on any atom is -0.322 e. The van der Waals surface area contributed by atoms with Crippen molar-refractivity contribution in [2.45, 2.75) is 44.2 Å². The van der Waals surface area contributed by atoms with Crippen molar-refractivity contribution in [3.63, 3.8) is 0 Å². The number of hydrogen-bond donors (Lipinski definition) is 2. The van der Waals surface area contributed by atoms with E-state index >= 15 is 0 Å². The molecule has 1 aromatic heterocycles. The average molecular weight is 404 g/mol. The first kappa shape index (κ1) is 18.4. The maximum absolute atomic E-state index is 12.7. The van der Waals surface area contributed by atoms with Gasteiger partial charge >= 0.3 is 6.03 Å². The highest BCUT2D eigenvalue weighted by molar-refractivity contribution is 6.30. The van der Waals surface area contributed by atoms with Crippen molar-refractivity contribution >= 4 is 29.4 Å². The zero-order chi connectivity index (χ0) is 19.7. The summed E-state index contributed by atoms with van der Waals surface area (Å²) in [4.78, 5) is 38.2. The van der Waals surface area contributed by atoms with Crippen molar-refractivity contribution in [3.8, 4) is 11.4 Å². The zero-order valence-electron chi connectivity index (χ0n) is 14.9. The molecule has 2 aromatic rings. The number of carbonyl (C=O) groups excluding carboxylic acids is 3. The SMILES string of the molecule is O=C(Cn1nnc(-c2cccc(Cl)c2)n1)NN1C(=O)NC2(CCCCC2)C1=O. The van der Waals surface area contributed by atoms with E-state index in [2.05, 4.69) is 26.2 Å². The molecule has 2 N–H and O–H groups in total. The van der Waals surface area contributed by atoms with Crippen LogP contribution in [0.5, 0.6) is 0 Å². The quantitative estimate of drug-likeness (QED) is 0.741. The van der Waals surface area contributed by atoms with Crippen LogP contribution in [0.4, 0.5) is 4.79 Å². The van der Waals surface area contributed by atoms with Crippen LogP contribution in [0.3, 0.4) is 0 Å². The Kier molecular flexibility index (Phi) is 4.71. The summed E-state index contributed by atoms with van der Waals surface area (Å²) < 4.78 is 0. The third-order valence-corrected chi connectivity index (χ3v) is 5.16. The van der Waals surface area contributed by atoms with E-state index in [-0.39, 0.29) is 6.54 Å². The number of hydrazine groups is 1. The lowest BCUT2D eigenvalue weighted by Gasteiger charge is -2.30. The largest absolute Gasteiger partial charge is 0.344 e. The fourth-order valence-corrected chi connectivity index (χ4v) is 3.75. The predicted molar refractivity (Wildman–Crippen MR) is 97.6 cm³/mol. The second-order valence-corrected chi connectivity index (χ2v) is 7.34. The summed E-state index contributed by atoms with van der Waals surface area (Å²) in [5.74, 6) is -0.713. The van der Waals surface area contributed by atoms with E-state index in [0.717, 1.165) is 29.1 Å². The van der Waals surface area contributed by atoms with Crippen LogP contribution in [0, 0.1) is 0 Å². The van der Waals surface area contributed by atoms with Crippen LogP contribution in [0.1, 0.15) is 32.1 Å². The maximum atomic E-state index is 12.7. The molecule has 1 saturated heterocycles. The molecule has 10 nitrogen and oxygen atoms in total. The van der Waals surface area contributed by atoms with Gasteiger partial charge in [0.05, 0.1) is 0 Å². The summed E-state index contributed by atoms with van der Waals surface area (Å²) in [5, 5.41) is 15.9. The molecule has 4 amide bonds. The highest BCUT2D eigenvalue weighted by Crippen LogP contribution is 2.32. The molecule has 1 aromatic carbocycles. The molecular formula is C17H18ClN7O3. The number of nitrogens with one attached hydrogen (secondary N) is 2. The Bertz CT molecular complexity index is 938. The summed E-state index contributed by atoms with van der Waals surface area (Å²) in [6.07, 6.45) is 3.92. The molecule has 1 spiro atoms. The number of amides is 4. The van der Waals surface area contributed by atoms with Gasteiger partial charge in [-0.1, -0.05) is 43.0 Å². The summed E-state index contributed by atoms with van der Waals surface area (Å²) >= 11 is 5.95. The first-order chi connectivity index (χ1) is 13.5. The third-order valence-electron chi connectivity index (χ3n) is 4.93. The number of carbonyl (C=O) groups is 3. The smallest absolute Gasteiger partial charge is 0.322 e. The lowest BCUT2D eigenvalue weighted by atomic mass is 9.82. The van der Waals surface area contributed by atoms with Gasteiger partial charge in [-0.05, 0) is 30.2 Å². The number of benzene rings is 1. The van der Waals surface area contributed by atoms with Gasteiger partial charge in [0.2, 0.25) is 5.82 Å². The molecule has 146 valence electrons. The second-order valence-electron chi connectivity index (χ2n) is 6.90. The molecule has 2 aliphatic rings. The highest BCUT2D eigenvalue weighted by atomic mass is 35.5. The zero-order valence-corrected chi connectivity index (χ0v) is 15.6. The molecule has 2 heterocycles. The van der Waals surface area contributed by atoms with Gasteiger partial charge in [0.25, 0.3) is 11.8 Å². The third kappa shape index (κ3) is 3.42. The maximum Gasteiger partial charge on any atom is 0.344 e. The van der Waals surface area contributed by atoms with Crippen LogP contribution in [-0.2, 0) is 16.1 Å². The van der Waals surface area contributed by atoms with E-state index in [9.17, 15) is 14.4 Å². The lowest BCUT2D eigenvalue weighted by Crippen LogP contribution is -2.51. The van der Waals surface area contributed by atoms with Crippen LogP contribution < -0.4 is 10.7 Å². The van der Waals surface area contributed by atoms with E-state index in [1.54, 1.807) is 24.3 Å². The van der Waals surface area contributed by atoms with E-state index in [1.807, 2.05) is 0 Å². The number of hydrogen-bond acceptors (Lipinski definition) is 6. The van der Waals surface area contributed by atoms with Gasteiger partial charge in [-0.3, -0.25) is 15.0 Å². The highest BCUT2D eigenvalue weighted by Gasteiger charge is 2.52. The Hall–Kier alpha value is -3.01. The molecule has 4 rings (SSSR count). The van der Waals surface area contributed by atoms with Crippen molar-refractivity contribution in [1.29, 1.82) is 0 Å². The number of urea groups is 1. The number of rotatable bonds is 4. The Balaban J connectivity index is 1.41. The Morgan fingerprint density at radius 3 is 2.79 bits per heavy atom. The van der Waals surface area contributed by atoms with Crippen LogP contribution in [-0.4, -0.2) is 48.6 Å². The first-order valence-electron chi connectivity index (χ1n) is 8.97. The van der Waals surface area contributed by atoms with Gasteiger partial charge in [-0.2, -0.15) is 9.81 Å². The van der Waals surface area contributed by atoms with Crippen molar-refractivity contribution in [3.05, 3.63) is 29.3 Å². The van der Waals surface area contributed by atoms with Gasteiger partial charge in [0, 0.05) is 10.6 Å². The fourth-order valence-electron chi connectivity index (χ4n) is 3.56. The van der Waals surface area contributed by atoms with Crippen molar-refractivity contribution in [2.75, 3.05) is 0 Å². The predicted octanol–water partition coefficient (Wildman–Crippen LogP) is 1.28. The molecule has 1 saturated carbocycles. The van der Waals surface area contributed by atoms with Crippen molar-refractivity contribution in [2.24, 2.45) is 0 Å². The minimum atomic E-state index is -0.895. The molecule has 0 bridgehead atoms. The normalized spacial score (nSPS) is 18.4. The van der Waals surface area contributed by atoms with E-state index in [1.165, 1.54) is 0 Å². The molecule has 2 fully saturated rings. The molecule has 0 unspecified atom stereocenters. The number of tetrazole rings is 1. The van der Waals surface area contributed by atoms with Gasteiger partial charge < -0.3 is 5.32 Å². The van der Waals surface area contributed by atoms with Crippen LogP contribution in [0.2, 0.25) is 5.02 Å². The van der Waals surface area contributed by atoms with Crippen molar-refractivity contribution in [1.82, 2.24) is 36.0 Å². The molecule has 1 aliphatic carbocycles. The molecule has 1 aliphatic heterocycles. The first-order valence-corrected chi connectivity index (χ1v) is 9.35. The van der Waals surface area contributed by atoms with Crippen molar-refractivity contribution < 1.29 is 14.4 Å². The average Bonchev–Trinajstić information content (AvgIpc) is 3.22. The number of imide groups is 1. The van der Waals surface area contributed by atoms with E-state index in [0.29, 0.717) is 29.3 Å². The van der Waals surface area contributed by atoms with Crippen LogP contribution in [0.25, 0.3) is 11.4 Å². The van der Waals surface area contributed by atoms with Crippen LogP contribution in [0.15, 0.2) is 24.3 Å². The molecular weight excluding hydrogens is 386 g/mol. The van der Waals surface area contributed by atoms with E-state index < -0.39 is 23.4 Å². The monoisotopic (exact) mass is 403 g/mol. The fraction of sp³-hybridized carbons (Fsp3) is 0.412. The number of aromatic nitrogens is 4. The standard InChI is InChI=1S/C17H18ClN7O3/c18-12-6-4-5-11(9-12)14-20-23-24(22-14)10-13(26)21-25-15(27)17(19-16(25)28)7-2-1-3-8-17/h4-6,9H,1-3,7-8,10H2,(H,19,28)(H,21,26). The number of halogens is 1.